The van der Waals surface area contributed by atoms with Crippen molar-refractivity contribution in [2.45, 2.75) is 6.54 Å². The topological polar surface area (TPSA) is 81.4 Å². The third-order valence-electron chi connectivity index (χ3n) is 6.24. The van der Waals surface area contributed by atoms with E-state index in [4.69, 9.17) is 17.2 Å². The molecule has 1 amide bonds. The summed E-state index contributed by atoms with van der Waals surface area (Å²) in [5, 5.41) is 9.25. The van der Waals surface area contributed by atoms with Gasteiger partial charge in [0.1, 0.15) is 21.6 Å². The standard InChI is InChI=1S/C25H24FN5O3S2/c26-18-6-4-17(5-7-18)16-31-24(34)20(36-25(31)35)15-19-22(29-11-9-28(10-12-29)13-14-32)27-21-3-1-2-8-30(21)23(19)33/h1-8,15,32H,9-14,16H2/b20-15-. The van der Waals surface area contributed by atoms with E-state index in [1.165, 1.54) is 21.4 Å². The van der Waals surface area contributed by atoms with Gasteiger partial charge in [0.25, 0.3) is 11.5 Å². The van der Waals surface area contributed by atoms with Gasteiger partial charge in [-0.2, -0.15) is 0 Å². The van der Waals surface area contributed by atoms with Crippen LogP contribution >= 0.6 is 24.0 Å². The second kappa shape index (κ2) is 10.5. The first-order chi connectivity index (χ1) is 17.4. The first-order valence-electron chi connectivity index (χ1n) is 11.5. The van der Waals surface area contributed by atoms with Gasteiger partial charge in [-0.1, -0.05) is 42.2 Å². The van der Waals surface area contributed by atoms with Crippen LogP contribution in [0.1, 0.15) is 11.1 Å². The smallest absolute Gasteiger partial charge is 0.267 e. The summed E-state index contributed by atoms with van der Waals surface area (Å²) in [4.78, 5) is 37.6. The number of halogens is 1. The number of carbonyl (C=O) groups is 1. The van der Waals surface area contributed by atoms with E-state index in [9.17, 15) is 19.1 Å². The maximum absolute atomic E-state index is 13.5. The van der Waals surface area contributed by atoms with Crippen LogP contribution < -0.4 is 10.5 Å². The molecule has 1 aromatic carbocycles. The Morgan fingerprint density at radius 2 is 1.83 bits per heavy atom. The Morgan fingerprint density at radius 3 is 2.56 bits per heavy atom. The third kappa shape index (κ3) is 4.92. The van der Waals surface area contributed by atoms with Gasteiger partial charge in [-0.25, -0.2) is 9.37 Å². The van der Waals surface area contributed by atoms with Crippen molar-refractivity contribution in [1.82, 2.24) is 19.2 Å². The van der Waals surface area contributed by atoms with Crippen molar-refractivity contribution in [3.8, 4) is 0 Å². The Labute approximate surface area is 216 Å². The number of carbonyl (C=O) groups excluding carboxylic acids is 1. The van der Waals surface area contributed by atoms with E-state index < -0.39 is 0 Å². The first kappa shape index (κ1) is 24.6. The number of nitrogens with zero attached hydrogens (tertiary/aromatic N) is 5. The lowest BCUT2D eigenvalue weighted by Crippen LogP contribution is -2.48. The van der Waals surface area contributed by atoms with Crippen molar-refractivity contribution in [3.05, 3.63) is 80.9 Å². The van der Waals surface area contributed by atoms with E-state index in [1.807, 2.05) is 11.0 Å². The van der Waals surface area contributed by atoms with Crippen molar-refractivity contribution in [2.75, 3.05) is 44.2 Å². The van der Waals surface area contributed by atoms with Gasteiger partial charge in [-0.15, -0.1) is 0 Å². The zero-order valence-corrected chi connectivity index (χ0v) is 21.0. The number of piperazine rings is 1. The lowest BCUT2D eigenvalue weighted by molar-refractivity contribution is -0.122. The number of hydrogen-bond donors (Lipinski definition) is 1. The minimum Gasteiger partial charge on any atom is -0.395 e. The van der Waals surface area contributed by atoms with Gasteiger partial charge < -0.3 is 10.0 Å². The largest absolute Gasteiger partial charge is 0.395 e. The second-order valence-electron chi connectivity index (χ2n) is 8.53. The van der Waals surface area contributed by atoms with Gasteiger partial charge in [-0.3, -0.25) is 23.8 Å². The number of fused-ring (bicyclic) bond motifs is 1. The van der Waals surface area contributed by atoms with E-state index in [-0.39, 0.29) is 30.4 Å². The fraction of sp³-hybridized carbons (Fsp3) is 0.280. The number of hydrogen-bond acceptors (Lipinski definition) is 8. The monoisotopic (exact) mass is 525 g/mol. The summed E-state index contributed by atoms with van der Waals surface area (Å²) in [6.07, 6.45) is 3.25. The normalized spacial score (nSPS) is 18.1. The Morgan fingerprint density at radius 1 is 1.08 bits per heavy atom. The Kier molecular flexibility index (Phi) is 7.15. The lowest BCUT2D eigenvalue weighted by Gasteiger charge is -2.35. The van der Waals surface area contributed by atoms with Gasteiger partial charge in [0.05, 0.1) is 23.6 Å². The summed E-state index contributed by atoms with van der Waals surface area (Å²) < 4.78 is 15.1. The Hall–Kier alpha value is -3.12. The number of aromatic nitrogens is 2. The number of benzene rings is 1. The number of pyridine rings is 1. The highest BCUT2D eigenvalue weighted by Crippen LogP contribution is 2.34. The maximum atomic E-state index is 13.5. The quantitative estimate of drug-likeness (QED) is 0.388. The van der Waals surface area contributed by atoms with Crippen LogP contribution in [0.4, 0.5) is 10.2 Å². The number of rotatable bonds is 6. The highest BCUT2D eigenvalue weighted by atomic mass is 32.2. The molecule has 0 aliphatic carbocycles. The molecule has 0 saturated carbocycles. The molecule has 0 atom stereocenters. The molecule has 1 N–H and O–H groups in total. The van der Waals surface area contributed by atoms with Crippen LogP contribution in [0.15, 0.2) is 58.4 Å². The van der Waals surface area contributed by atoms with Crippen molar-refractivity contribution in [2.24, 2.45) is 0 Å². The summed E-state index contributed by atoms with van der Waals surface area (Å²) in [5.41, 5.74) is 1.34. The van der Waals surface area contributed by atoms with Crippen LogP contribution in [0.2, 0.25) is 0 Å². The number of amides is 1. The zero-order chi connectivity index (χ0) is 25.2. The molecule has 2 aliphatic heterocycles. The molecule has 5 rings (SSSR count). The molecule has 8 nitrogen and oxygen atoms in total. The van der Waals surface area contributed by atoms with Crippen LogP contribution in [0.25, 0.3) is 11.7 Å². The predicted octanol–water partition coefficient (Wildman–Crippen LogP) is 2.35. The highest BCUT2D eigenvalue weighted by molar-refractivity contribution is 8.26. The summed E-state index contributed by atoms with van der Waals surface area (Å²) in [7, 11) is 0. The molecule has 0 spiro atoms. The van der Waals surface area contributed by atoms with Gasteiger partial charge in [0.15, 0.2) is 0 Å². The molecule has 3 aromatic rings. The summed E-state index contributed by atoms with van der Waals surface area (Å²) >= 11 is 6.60. The molecule has 2 aromatic heterocycles. The molecule has 0 radical (unpaired) electrons. The number of aliphatic hydroxyl groups is 1. The zero-order valence-electron chi connectivity index (χ0n) is 19.3. The average Bonchev–Trinajstić information content (AvgIpc) is 3.15. The van der Waals surface area contributed by atoms with Crippen molar-refractivity contribution in [3.63, 3.8) is 0 Å². The van der Waals surface area contributed by atoms with Crippen molar-refractivity contribution in [1.29, 1.82) is 0 Å². The SMILES string of the molecule is O=C1/C(=C/c2c(N3CCN(CCO)CC3)nc3ccccn3c2=O)SC(=S)N1Cc1ccc(F)cc1. The summed E-state index contributed by atoms with van der Waals surface area (Å²) in [6.45, 7) is 3.66. The predicted molar refractivity (Wildman–Crippen MR) is 142 cm³/mol. The molecule has 0 bridgehead atoms. The van der Waals surface area contributed by atoms with E-state index in [1.54, 1.807) is 36.5 Å². The van der Waals surface area contributed by atoms with Crippen LogP contribution in [0, 0.1) is 5.82 Å². The molecule has 0 unspecified atom stereocenters. The maximum Gasteiger partial charge on any atom is 0.267 e. The number of aliphatic hydroxyl groups excluding tert-OH is 1. The van der Waals surface area contributed by atoms with Gasteiger partial charge in [0, 0.05) is 38.9 Å². The molecule has 2 fully saturated rings. The minimum atomic E-state index is -0.349. The average molecular weight is 526 g/mol. The van der Waals surface area contributed by atoms with Crippen molar-refractivity contribution < 1.29 is 14.3 Å². The fourth-order valence-electron chi connectivity index (χ4n) is 4.32. The molecule has 2 aliphatic rings. The van der Waals surface area contributed by atoms with Crippen LogP contribution in [0.5, 0.6) is 0 Å². The number of thiocarbonyl (C=S) groups is 1. The number of thioether (sulfide) groups is 1. The fourth-order valence-corrected chi connectivity index (χ4v) is 5.56. The molecule has 186 valence electrons. The number of anilines is 1. The number of β-amino-alcohol motifs (C(OH)–C–C–N with tert-alkyl or cyclic N) is 1. The Balaban J connectivity index is 1.50. The Bertz CT molecular complexity index is 1400. The molecule has 2 saturated heterocycles. The van der Waals surface area contributed by atoms with Crippen LogP contribution in [-0.4, -0.2) is 73.8 Å². The van der Waals surface area contributed by atoms with E-state index in [0.29, 0.717) is 45.9 Å². The van der Waals surface area contributed by atoms with Gasteiger partial charge in [0.2, 0.25) is 0 Å². The van der Waals surface area contributed by atoms with Crippen molar-refractivity contribution >= 4 is 51.7 Å². The minimum absolute atomic E-state index is 0.0978. The molecular weight excluding hydrogens is 501 g/mol. The molecule has 36 heavy (non-hydrogen) atoms. The van der Waals surface area contributed by atoms with Gasteiger partial charge in [-0.05, 0) is 35.9 Å². The lowest BCUT2D eigenvalue weighted by atomic mass is 10.2. The summed E-state index contributed by atoms with van der Waals surface area (Å²) in [5.74, 6) is -0.123. The highest BCUT2D eigenvalue weighted by Gasteiger charge is 2.33. The van der Waals surface area contributed by atoms with E-state index in [0.717, 1.165) is 30.4 Å². The third-order valence-corrected chi connectivity index (χ3v) is 7.62. The molecular formula is C25H24FN5O3S2. The molecule has 4 heterocycles. The second-order valence-corrected chi connectivity index (χ2v) is 10.2. The summed E-state index contributed by atoms with van der Waals surface area (Å²) in [6, 6.07) is 11.3. The van der Waals surface area contributed by atoms with E-state index in [2.05, 4.69) is 4.90 Å². The van der Waals surface area contributed by atoms with Gasteiger partial charge >= 0.3 is 0 Å². The van der Waals surface area contributed by atoms with Crippen LogP contribution in [-0.2, 0) is 11.3 Å². The van der Waals surface area contributed by atoms with Crippen LogP contribution in [0.3, 0.4) is 0 Å². The van der Waals surface area contributed by atoms with E-state index >= 15 is 0 Å². The molecule has 11 heteroatoms. The first-order valence-corrected chi connectivity index (χ1v) is 12.8.